The molecule has 0 spiro atoms. The summed E-state index contributed by atoms with van der Waals surface area (Å²) in [7, 11) is 0. The SMILES string of the molecule is CC(Br)CC(C)NCc1ccc(Cl)s1. The van der Waals surface area contributed by atoms with Gasteiger partial charge in [0, 0.05) is 22.3 Å². The van der Waals surface area contributed by atoms with Crippen LogP contribution >= 0.6 is 38.9 Å². The maximum atomic E-state index is 5.84. The molecule has 14 heavy (non-hydrogen) atoms. The Hall–Kier alpha value is 0.430. The molecule has 0 saturated heterocycles. The molecule has 1 rings (SSSR count). The highest BCUT2D eigenvalue weighted by Gasteiger charge is 2.05. The molecule has 0 saturated carbocycles. The second-order valence-electron chi connectivity index (χ2n) is 3.50. The number of nitrogens with one attached hydrogen (secondary N) is 1. The van der Waals surface area contributed by atoms with Gasteiger partial charge in [-0.2, -0.15) is 0 Å². The molecule has 1 nitrogen and oxygen atoms in total. The second kappa shape index (κ2) is 6.11. The van der Waals surface area contributed by atoms with E-state index in [1.807, 2.05) is 6.07 Å². The molecule has 2 atom stereocenters. The zero-order chi connectivity index (χ0) is 10.6. The molecule has 0 aliphatic heterocycles. The van der Waals surface area contributed by atoms with Gasteiger partial charge >= 0.3 is 0 Å². The van der Waals surface area contributed by atoms with Crippen molar-refractivity contribution >= 4 is 38.9 Å². The van der Waals surface area contributed by atoms with Crippen LogP contribution in [-0.2, 0) is 6.54 Å². The molecule has 0 radical (unpaired) electrons. The van der Waals surface area contributed by atoms with Crippen molar-refractivity contribution in [3.05, 3.63) is 21.3 Å². The zero-order valence-electron chi connectivity index (χ0n) is 8.39. The van der Waals surface area contributed by atoms with Crippen molar-refractivity contribution in [3.8, 4) is 0 Å². The summed E-state index contributed by atoms with van der Waals surface area (Å²) in [5.74, 6) is 0. The zero-order valence-corrected chi connectivity index (χ0v) is 11.5. The first kappa shape index (κ1) is 12.5. The van der Waals surface area contributed by atoms with Crippen LogP contribution in [0.2, 0.25) is 4.34 Å². The van der Waals surface area contributed by atoms with E-state index in [-0.39, 0.29) is 0 Å². The number of hydrogen-bond acceptors (Lipinski definition) is 2. The fraction of sp³-hybridized carbons (Fsp3) is 0.600. The Balaban J connectivity index is 2.26. The third-order valence-corrected chi connectivity index (χ3v) is 3.54. The summed E-state index contributed by atoms with van der Waals surface area (Å²) in [5, 5.41) is 3.47. The van der Waals surface area contributed by atoms with Crippen LogP contribution in [0, 0.1) is 0 Å². The van der Waals surface area contributed by atoms with Gasteiger partial charge in [-0.1, -0.05) is 34.5 Å². The highest BCUT2D eigenvalue weighted by Crippen LogP contribution is 2.21. The summed E-state index contributed by atoms with van der Waals surface area (Å²) in [6.45, 7) is 5.28. The fourth-order valence-corrected chi connectivity index (χ4v) is 2.89. The van der Waals surface area contributed by atoms with Crippen LogP contribution in [-0.4, -0.2) is 10.9 Å². The van der Waals surface area contributed by atoms with E-state index in [4.69, 9.17) is 11.6 Å². The lowest BCUT2D eigenvalue weighted by atomic mass is 10.2. The molecule has 0 bridgehead atoms. The highest BCUT2D eigenvalue weighted by atomic mass is 79.9. The normalized spacial score (nSPS) is 15.4. The summed E-state index contributed by atoms with van der Waals surface area (Å²) in [5.41, 5.74) is 0. The molecule has 1 aromatic rings. The first-order chi connectivity index (χ1) is 6.58. The monoisotopic (exact) mass is 295 g/mol. The third kappa shape index (κ3) is 4.78. The van der Waals surface area contributed by atoms with Crippen molar-refractivity contribution in [3.63, 3.8) is 0 Å². The Morgan fingerprint density at radius 3 is 2.71 bits per heavy atom. The molecule has 4 heteroatoms. The Labute approximate surface area is 103 Å². The standard InChI is InChI=1S/C10H15BrClNS/c1-7(11)5-8(2)13-6-9-3-4-10(12)14-9/h3-4,7-8,13H,5-6H2,1-2H3. The highest BCUT2D eigenvalue weighted by molar-refractivity contribution is 9.09. The van der Waals surface area contributed by atoms with E-state index < -0.39 is 0 Å². The van der Waals surface area contributed by atoms with Crippen LogP contribution in [0.25, 0.3) is 0 Å². The van der Waals surface area contributed by atoms with E-state index in [1.54, 1.807) is 11.3 Å². The van der Waals surface area contributed by atoms with Gasteiger partial charge in [0.2, 0.25) is 0 Å². The van der Waals surface area contributed by atoms with Gasteiger partial charge in [-0.15, -0.1) is 11.3 Å². The van der Waals surface area contributed by atoms with Gasteiger partial charge in [0.15, 0.2) is 0 Å². The molecule has 0 amide bonds. The Morgan fingerprint density at radius 2 is 2.21 bits per heavy atom. The predicted molar refractivity (Wildman–Crippen MR) is 68.6 cm³/mol. The van der Waals surface area contributed by atoms with Crippen molar-refractivity contribution in [1.82, 2.24) is 5.32 Å². The molecule has 0 fully saturated rings. The van der Waals surface area contributed by atoms with Gasteiger partial charge in [-0.05, 0) is 25.5 Å². The minimum absolute atomic E-state index is 0.533. The number of halogens is 2. The lowest BCUT2D eigenvalue weighted by molar-refractivity contribution is 0.518. The van der Waals surface area contributed by atoms with Gasteiger partial charge in [0.1, 0.15) is 0 Å². The number of thiophene rings is 1. The van der Waals surface area contributed by atoms with E-state index in [9.17, 15) is 0 Å². The van der Waals surface area contributed by atoms with Crippen LogP contribution in [0.5, 0.6) is 0 Å². The quantitative estimate of drug-likeness (QED) is 0.808. The molecule has 0 aliphatic rings. The predicted octanol–water partition coefficient (Wildman–Crippen LogP) is 4.05. The van der Waals surface area contributed by atoms with Crippen molar-refractivity contribution < 1.29 is 0 Å². The van der Waals surface area contributed by atoms with Gasteiger partial charge < -0.3 is 5.32 Å². The molecular formula is C10H15BrClNS. The van der Waals surface area contributed by atoms with E-state index in [1.165, 1.54) is 4.88 Å². The number of rotatable bonds is 5. The first-order valence-electron chi connectivity index (χ1n) is 4.69. The van der Waals surface area contributed by atoms with Gasteiger partial charge in [-0.25, -0.2) is 0 Å². The smallest absolute Gasteiger partial charge is 0.0931 e. The van der Waals surface area contributed by atoms with Crippen molar-refractivity contribution in [1.29, 1.82) is 0 Å². The van der Waals surface area contributed by atoms with Crippen LogP contribution < -0.4 is 5.32 Å². The minimum Gasteiger partial charge on any atom is -0.309 e. The Kier molecular flexibility index (Phi) is 5.45. The van der Waals surface area contributed by atoms with E-state index >= 15 is 0 Å². The van der Waals surface area contributed by atoms with Crippen molar-refractivity contribution in [2.45, 2.75) is 37.7 Å². The van der Waals surface area contributed by atoms with Crippen molar-refractivity contribution in [2.75, 3.05) is 0 Å². The molecule has 1 N–H and O–H groups in total. The maximum absolute atomic E-state index is 5.84. The maximum Gasteiger partial charge on any atom is 0.0931 e. The van der Waals surface area contributed by atoms with Gasteiger partial charge in [-0.3, -0.25) is 0 Å². The first-order valence-corrected chi connectivity index (χ1v) is 6.80. The molecule has 80 valence electrons. The molecule has 2 unspecified atom stereocenters. The average Bonchev–Trinajstić information content (AvgIpc) is 2.47. The largest absolute Gasteiger partial charge is 0.309 e. The van der Waals surface area contributed by atoms with E-state index in [2.05, 4.69) is 41.2 Å². The minimum atomic E-state index is 0.533. The average molecular weight is 297 g/mol. The van der Waals surface area contributed by atoms with Crippen LogP contribution in [0.15, 0.2) is 12.1 Å². The van der Waals surface area contributed by atoms with Gasteiger partial charge in [0.05, 0.1) is 4.34 Å². The molecule has 1 heterocycles. The molecule has 0 aliphatic carbocycles. The summed E-state index contributed by atoms with van der Waals surface area (Å²) < 4.78 is 0.864. The van der Waals surface area contributed by atoms with Crippen LogP contribution in [0.1, 0.15) is 25.1 Å². The third-order valence-electron chi connectivity index (χ3n) is 1.93. The molecule has 1 aromatic heterocycles. The topological polar surface area (TPSA) is 12.0 Å². The van der Waals surface area contributed by atoms with E-state index in [0.29, 0.717) is 10.9 Å². The van der Waals surface area contributed by atoms with E-state index in [0.717, 1.165) is 17.3 Å². The lowest BCUT2D eigenvalue weighted by Gasteiger charge is -2.14. The second-order valence-corrected chi connectivity index (χ2v) is 6.87. The lowest BCUT2D eigenvalue weighted by Crippen LogP contribution is -2.27. The molecule has 0 aromatic carbocycles. The summed E-state index contributed by atoms with van der Waals surface area (Å²) in [6.07, 6.45) is 1.14. The van der Waals surface area contributed by atoms with Crippen molar-refractivity contribution in [2.24, 2.45) is 0 Å². The van der Waals surface area contributed by atoms with Crippen LogP contribution in [0.3, 0.4) is 0 Å². The number of hydrogen-bond donors (Lipinski definition) is 1. The Morgan fingerprint density at radius 1 is 1.50 bits per heavy atom. The molecular weight excluding hydrogens is 282 g/mol. The fourth-order valence-electron chi connectivity index (χ4n) is 1.29. The number of alkyl halides is 1. The van der Waals surface area contributed by atoms with Gasteiger partial charge in [0.25, 0.3) is 0 Å². The van der Waals surface area contributed by atoms with Crippen LogP contribution in [0.4, 0.5) is 0 Å². The Bertz CT molecular complexity index is 275. The summed E-state index contributed by atoms with van der Waals surface area (Å²) in [4.78, 5) is 1.86. The summed E-state index contributed by atoms with van der Waals surface area (Å²) >= 11 is 11.0. The summed E-state index contributed by atoms with van der Waals surface area (Å²) in [6, 6.07) is 4.55.